The van der Waals surface area contributed by atoms with Crippen LogP contribution in [0.5, 0.6) is 0 Å². The Kier molecular flexibility index (Phi) is 10.7. The molecule has 4 unspecified atom stereocenters. The van der Waals surface area contributed by atoms with Crippen molar-refractivity contribution in [3.05, 3.63) is 65.2 Å². The van der Waals surface area contributed by atoms with Crippen molar-refractivity contribution < 1.29 is 38.8 Å². The van der Waals surface area contributed by atoms with Crippen molar-refractivity contribution in [1.29, 1.82) is 0 Å². The maximum atomic E-state index is 12.9. The number of rotatable bonds is 11. The molecule has 0 spiro atoms. The molecular weight excluding hydrogens is 540 g/mol. The summed E-state index contributed by atoms with van der Waals surface area (Å²) in [4.78, 5) is 38.0. The Balaban J connectivity index is 1.47. The van der Waals surface area contributed by atoms with Gasteiger partial charge in [-0.05, 0) is 69.8 Å². The molecule has 0 aromatic heterocycles. The molecule has 3 N–H and O–H groups in total. The van der Waals surface area contributed by atoms with Crippen LogP contribution in [-0.2, 0) is 35.2 Å². The number of amides is 1. The molecule has 2 fully saturated rings. The summed E-state index contributed by atoms with van der Waals surface area (Å²) in [7, 11) is 0. The van der Waals surface area contributed by atoms with E-state index in [9.17, 15) is 19.5 Å². The second-order valence-corrected chi connectivity index (χ2v) is 12.0. The Labute approximate surface area is 246 Å². The average molecular weight is 583 g/mol. The molecule has 42 heavy (non-hydrogen) atoms. The van der Waals surface area contributed by atoms with Gasteiger partial charge in [0.1, 0.15) is 11.6 Å². The van der Waals surface area contributed by atoms with E-state index in [-0.39, 0.29) is 56.0 Å². The number of carboxylic acid groups (broad SMARTS) is 1. The summed E-state index contributed by atoms with van der Waals surface area (Å²) in [5.41, 5.74) is 2.62. The van der Waals surface area contributed by atoms with Gasteiger partial charge >= 0.3 is 11.9 Å². The first-order chi connectivity index (χ1) is 20.0. The number of nitrogens with zero attached hydrogens (tertiary/aromatic N) is 1. The van der Waals surface area contributed by atoms with Crippen LogP contribution in [0.25, 0.3) is 0 Å². The Bertz CT molecular complexity index is 1210. The second-order valence-electron chi connectivity index (χ2n) is 12.0. The fourth-order valence-electron chi connectivity index (χ4n) is 5.32. The highest BCUT2D eigenvalue weighted by molar-refractivity contribution is 5.90. The van der Waals surface area contributed by atoms with Crippen LogP contribution >= 0.6 is 0 Å². The van der Waals surface area contributed by atoms with Gasteiger partial charge < -0.3 is 29.7 Å². The largest absolute Gasteiger partial charge is 0.481 e. The van der Waals surface area contributed by atoms with Crippen molar-refractivity contribution in [2.45, 2.75) is 96.0 Å². The summed E-state index contributed by atoms with van der Waals surface area (Å²) in [5.74, 6) is -1.38. The number of aliphatic hydroxyl groups is 1. The van der Waals surface area contributed by atoms with Crippen molar-refractivity contribution in [2.24, 2.45) is 0 Å². The molecule has 0 aliphatic carbocycles. The number of benzene rings is 2. The predicted octanol–water partition coefficient (Wildman–Crippen LogP) is 4.72. The van der Waals surface area contributed by atoms with Gasteiger partial charge in [-0.15, -0.1) is 0 Å². The molecule has 2 aliphatic heterocycles. The highest BCUT2D eigenvalue weighted by atomic mass is 16.7. The Morgan fingerprint density at radius 3 is 2.33 bits per heavy atom. The molecule has 2 saturated heterocycles. The normalized spacial score (nSPS) is 23.0. The van der Waals surface area contributed by atoms with Gasteiger partial charge in [0.25, 0.3) is 0 Å². The van der Waals surface area contributed by atoms with Gasteiger partial charge in [-0.1, -0.05) is 36.4 Å². The van der Waals surface area contributed by atoms with Gasteiger partial charge in [-0.25, -0.2) is 0 Å². The summed E-state index contributed by atoms with van der Waals surface area (Å²) >= 11 is 0. The maximum Gasteiger partial charge on any atom is 0.323 e. The van der Waals surface area contributed by atoms with E-state index in [1.165, 1.54) is 0 Å². The zero-order valence-electron chi connectivity index (χ0n) is 24.6. The van der Waals surface area contributed by atoms with Crippen LogP contribution in [0.3, 0.4) is 0 Å². The van der Waals surface area contributed by atoms with E-state index in [0.717, 1.165) is 36.1 Å². The molecule has 10 heteroatoms. The summed E-state index contributed by atoms with van der Waals surface area (Å²) in [6, 6.07) is 14.6. The van der Waals surface area contributed by atoms with Gasteiger partial charge in [0.2, 0.25) is 5.91 Å². The summed E-state index contributed by atoms with van der Waals surface area (Å²) in [5, 5.41) is 21.0. The van der Waals surface area contributed by atoms with Crippen LogP contribution in [0.15, 0.2) is 48.5 Å². The van der Waals surface area contributed by atoms with Crippen molar-refractivity contribution in [3.8, 4) is 0 Å². The minimum Gasteiger partial charge on any atom is -0.481 e. The zero-order chi connectivity index (χ0) is 30.3. The number of aliphatic hydroxyl groups excluding tert-OH is 1. The zero-order valence-corrected chi connectivity index (χ0v) is 24.6. The van der Waals surface area contributed by atoms with Crippen LogP contribution < -0.4 is 5.32 Å². The molecule has 0 radical (unpaired) electrons. The van der Waals surface area contributed by atoms with Crippen molar-refractivity contribution in [1.82, 2.24) is 4.90 Å². The molecule has 0 bridgehead atoms. The highest BCUT2D eigenvalue weighted by Gasteiger charge is 2.38. The molecule has 228 valence electrons. The lowest BCUT2D eigenvalue weighted by Crippen LogP contribution is -2.45. The SMILES string of the molecule is CC(C)(C)OC(=O)C1CCCN1CC1CC(c2ccc(CO)cc2)OC(c2ccc(NC(=O)CCCC(=O)O)cc2)O1. The minimum atomic E-state index is -0.925. The number of carbonyl (C=O) groups is 3. The summed E-state index contributed by atoms with van der Waals surface area (Å²) in [6.45, 7) is 6.92. The maximum absolute atomic E-state index is 12.9. The van der Waals surface area contributed by atoms with E-state index in [1.807, 2.05) is 57.2 Å². The topological polar surface area (TPSA) is 135 Å². The second kappa shape index (κ2) is 14.2. The summed E-state index contributed by atoms with van der Waals surface area (Å²) in [6.07, 6.45) is 1.44. The van der Waals surface area contributed by atoms with Crippen LogP contribution in [0.2, 0.25) is 0 Å². The first kappa shape index (κ1) is 31.6. The van der Waals surface area contributed by atoms with Crippen molar-refractivity contribution in [3.63, 3.8) is 0 Å². The lowest BCUT2D eigenvalue weighted by Gasteiger charge is -2.38. The van der Waals surface area contributed by atoms with E-state index in [4.69, 9.17) is 19.3 Å². The predicted molar refractivity (Wildman–Crippen MR) is 155 cm³/mol. The van der Waals surface area contributed by atoms with E-state index >= 15 is 0 Å². The van der Waals surface area contributed by atoms with Gasteiger partial charge in [0, 0.05) is 37.1 Å². The number of anilines is 1. The number of esters is 1. The third-order valence-corrected chi connectivity index (χ3v) is 7.36. The van der Waals surface area contributed by atoms with Gasteiger partial charge in [-0.3, -0.25) is 19.3 Å². The molecule has 10 nitrogen and oxygen atoms in total. The van der Waals surface area contributed by atoms with Gasteiger partial charge in [0.05, 0.1) is 18.8 Å². The number of carboxylic acids is 1. The number of hydrogen-bond donors (Lipinski definition) is 3. The molecule has 0 saturated carbocycles. The average Bonchev–Trinajstić information content (AvgIpc) is 3.40. The molecule has 2 heterocycles. The van der Waals surface area contributed by atoms with Crippen LogP contribution in [0.4, 0.5) is 5.69 Å². The lowest BCUT2D eigenvalue weighted by atomic mass is 9.99. The number of hydrogen-bond acceptors (Lipinski definition) is 8. The smallest absolute Gasteiger partial charge is 0.323 e. The number of ether oxygens (including phenoxy) is 3. The molecule has 4 atom stereocenters. The lowest BCUT2D eigenvalue weighted by molar-refractivity contribution is -0.253. The number of likely N-dealkylation sites (tertiary alicyclic amines) is 1. The highest BCUT2D eigenvalue weighted by Crippen LogP contribution is 2.39. The Morgan fingerprint density at radius 2 is 1.69 bits per heavy atom. The van der Waals surface area contributed by atoms with E-state index in [0.29, 0.717) is 18.7 Å². The minimum absolute atomic E-state index is 0.0381. The van der Waals surface area contributed by atoms with Crippen LogP contribution in [-0.4, -0.2) is 63.8 Å². The van der Waals surface area contributed by atoms with Gasteiger partial charge in [0.15, 0.2) is 6.29 Å². The Hall–Kier alpha value is -3.31. The molecule has 4 rings (SSSR count). The third-order valence-electron chi connectivity index (χ3n) is 7.36. The molecular formula is C32H42N2O8. The molecule has 1 amide bonds. The van der Waals surface area contributed by atoms with Crippen molar-refractivity contribution in [2.75, 3.05) is 18.4 Å². The van der Waals surface area contributed by atoms with E-state index in [1.54, 1.807) is 12.1 Å². The number of carbonyl (C=O) groups excluding carboxylic acids is 2. The first-order valence-electron chi connectivity index (χ1n) is 14.6. The fraction of sp³-hybridized carbons (Fsp3) is 0.531. The standard InChI is InChI=1S/C32H42N2O8/c1-32(2,3)42-30(39)26-6-5-17-34(26)19-25-18-27(22-11-9-21(20-35)10-12-22)41-31(40-25)23-13-15-24(16-14-23)33-28(36)7-4-8-29(37)38/h9-16,25-27,31,35H,4-8,17-20H2,1-3H3,(H,33,36)(H,37,38). The Morgan fingerprint density at radius 1 is 1.00 bits per heavy atom. The molecule has 2 aliphatic rings. The number of nitrogens with one attached hydrogen (secondary N) is 1. The first-order valence-corrected chi connectivity index (χ1v) is 14.6. The van der Waals surface area contributed by atoms with Gasteiger partial charge in [-0.2, -0.15) is 0 Å². The fourth-order valence-corrected chi connectivity index (χ4v) is 5.32. The third kappa shape index (κ3) is 9.09. The number of aliphatic carboxylic acids is 1. The molecule has 2 aromatic carbocycles. The van der Waals surface area contributed by atoms with Crippen molar-refractivity contribution >= 4 is 23.5 Å². The van der Waals surface area contributed by atoms with E-state index in [2.05, 4.69) is 10.2 Å². The quantitative estimate of drug-likeness (QED) is 0.322. The summed E-state index contributed by atoms with van der Waals surface area (Å²) < 4.78 is 18.6. The van der Waals surface area contributed by atoms with Crippen LogP contribution in [0, 0.1) is 0 Å². The van der Waals surface area contributed by atoms with Crippen LogP contribution in [0.1, 0.15) is 88.4 Å². The van der Waals surface area contributed by atoms with E-state index < -0.39 is 17.9 Å². The molecule has 2 aromatic rings. The monoisotopic (exact) mass is 582 g/mol.